The molecule has 2 aromatic carbocycles. The number of benzene rings is 2. The Kier molecular flexibility index (Phi) is 7.85. The van der Waals surface area contributed by atoms with Crippen LogP contribution in [0, 0.1) is 12.3 Å². The maximum Gasteiger partial charge on any atom is 0.251 e. The number of carbonyl (C=O) groups excluding carboxylic acids is 1. The molecule has 0 aliphatic heterocycles. The van der Waals surface area contributed by atoms with Gasteiger partial charge in [0.2, 0.25) is 0 Å². The summed E-state index contributed by atoms with van der Waals surface area (Å²) in [7, 11) is 4.73. The van der Waals surface area contributed by atoms with Crippen LogP contribution in [0.15, 0.2) is 30.3 Å². The van der Waals surface area contributed by atoms with Gasteiger partial charge in [-0.25, -0.2) is 0 Å². The van der Waals surface area contributed by atoms with Crippen molar-refractivity contribution in [3.05, 3.63) is 52.6 Å². The molecule has 0 heterocycles. The third-order valence-corrected chi connectivity index (χ3v) is 4.50. The van der Waals surface area contributed by atoms with Gasteiger partial charge in [-0.05, 0) is 30.7 Å². The monoisotopic (exact) mass is 400 g/mol. The van der Waals surface area contributed by atoms with Gasteiger partial charge in [0, 0.05) is 42.6 Å². The normalized spacial score (nSPS) is 10.3. The van der Waals surface area contributed by atoms with E-state index in [-0.39, 0.29) is 11.7 Å². The Bertz CT molecular complexity index is 858. The van der Waals surface area contributed by atoms with Crippen molar-refractivity contribution in [2.24, 2.45) is 5.73 Å². The molecule has 0 bridgehead atoms. The molecule has 8 nitrogen and oxygen atoms in total. The lowest BCUT2D eigenvalue weighted by molar-refractivity contribution is 0.0950. The first-order valence-corrected chi connectivity index (χ1v) is 9.12. The Morgan fingerprint density at radius 1 is 1.07 bits per heavy atom. The van der Waals surface area contributed by atoms with Crippen LogP contribution >= 0.6 is 0 Å². The maximum atomic E-state index is 12.7. The molecule has 1 amide bonds. The second kappa shape index (κ2) is 10.3. The van der Waals surface area contributed by atoms with Crippen molar-refractivity contribution in [2.45, 2.75) is 13.5 Å². The maximum absolute atomic E-state index is 12.7. The number of hydrogen-bond acceptors (Lipinski definition) is 6. The Balaban J connectivity index is 2.20. The number of ether oxygens (including phenoxy) is 3. The zero-order valence-electron chi connectivity index (χ0n) is 17.2. The molecule has 156 valence electrons. The lowest BCUT2D eigenvalue weighted by Gasteiger charge is -2.15. The number of hydrogen-bond donors (Lipinski definition) is 4. The second-order valence-electron chi connectivity index (χ2n) is 6.39. The van der Waals surface area contributed by atoms with E-state index in [1.165, 1.54) is 0 Å². The molecular formula is C21H28N4O4. The van der Waals surface area contributed by atoms with E-state index in [9.17, 15) is 4.79 Å². The summed E-state index contributed by atoms with van der Waals surface area (Å²) in [6.45, 7) is 3.28. The van der Waals surface area contributed by atoms with Crippen molar-refractivity contribution in [1.82, 2.24) is 5.32 Å². The summed E-state index contributed by atoms with van der Waals surface area (Å²) in [6, 6.07) is 8.75. The van der Waals surface area contributed by atoms with Gasteiger partial charge >= 0.3 is 0 Å². The summed E-state index contributed by atoms with van der Waals surface area (Å²) < 4.78 is 15.7. The summed E-state index contributed by atoms with van der Waals surface area (Å²) in [6.07, 6.45) is 0. The zero-order chi connectivity index (χ0) is 21.4. The van der Waals surface area contributed by atoms with E-state index in [2.05, 4.69) is 10.6 Å². The zero-order valence-corrected chi connectivity index (χ0v) is 17.2. The highest BCUT2D eigenvalue weighted by Crippen LogP contribution is 2.29. The predicted molar refractivity (Wildman–Crippen MR) is 113 cm³/mol. The van der Waals surface area contributed by atoms with Crippen molar-refractivity contribution in [1.29, 1.82) is 5.41 Å². The molecule has 0 fully saturated rings. The Labute approximate surface area is 170 Å². The molecule has 2 rings (SSSR count). The smallest absolute Gasteiger partial charge is 0.251 e. The molecule has 29 heavy (non-hydrogen) atoms. The van der Waals surface area contributed by atoms with Crippen LogP contribution in [0.2, 0.25) is 0 Å². The van der Waals surface area contributed by atoms with Crippen LogP contribution in [0.5, 0.6) is 11.5 Å². The van der Waals surface area contributed by atoms with Gasteiger partial charge in [0.15, 0.2) is 0 Å². The standard InChI is InChI=1S/C21H28N4O4/c1-13-18(28-3)10-16(11-19(13)29-4)21(26)25-12-15-6-5-14(20(22)23)9-17(15)24-7-8-27-2/h5-6,9-11,24H,7-8,12H2,1-4H3,(H3,22,23)(H,25,26). The van der Waals surface area contributed by atoms with Gasteiger partial charge in [-0.15, -0.1) is 0 Å². The molecular weight excluding hydrogens is 372 g/mol. The van der Waals surface area contributed by atoms with Gasteiger partial charge in [0.1, 0.15) is 17.3 Å². The molecule has 0 atom stereocenters. The van der Waals surface area contributed by atoms with E-state index in [0.29, 0.717) is 42.3 Å². The van der Waals surface area contributed by atoms with E-state index in [4.69, 9.17) is 25.4 Å². The van der Waals surface area contributed by atoms with Crippen molar-refractivity contribution in [2.75, 3.05) is 39.8 Å². The Hall–Kier alpha value is -3.26. The molecule has 2 aromatic rings. The molecule has 0 aliphatic rings. The summed E-state index contributed by atoms with van der Waals surface area (Å²) in [5.41, 5.74) is 9.12. The number of nitrogen functional groups attached to an aromatic ring is 1. The van der Waals surface area contributed by atoms with Crippen LogP contribution in [-0.2, 0) is 11.3 Å². The van der Waals surface area contributed by atoms with Crippen LogP contribution in [-0.4, -0.2) is 46.2 Å². The molecule has 0 radical (unpaired) electrons. The number of nitrogens with one attached hydrogen (secondary N) is 3. The molecule has 8 heteroatoms. The number of rotatable bonds is 10. The molecule has 0 aromatic heterocycles. The highest BCUT2D eigenvalue weighted by molar-refractivity contribution is 5.96. The minimum absolute atomic E-state index is 0.0192. The van der Waals surface area contributed by atoms with E-state index < -0.39 is 0 Å². The molecule has 0 unspecified atom stereocenters. The van der Waals surface area contributed by atoms with Crippen molar-refractivity contribution in [3.8, 4) is 11.5 Å². The van der Waals surface area contributed by atoms with Gasteiger partial charge < -0.3 is 30.6 Å². The predicted octanol–water partition coefficient (Wildman–Crippen LogP) is 2.28. The lowest BCUT2D eigenvalue weighted by atomic mass is 10.1. The second-order valence-corrected chi connectivity index (χ2v) is 6.39. The fourth-order valence-corrected chi connectivity index (χ4v) is 2.85. The molecule has 5 N–H and O–H groups in total. The fourth-order valence-electron chi connectivity index (χ4n) is 2.85. The van der Waals surface area contributed by atoms with Gasteiger partial charge in [-0.3, -0.25) is 10.2 Å². The van der Waals surface area contributed by atoms with Crippen molar-refractivity contribution < 1.29 is 19.0 Å². The minimum Gasteiger partial charge on any atom is -0.496 e. The van der Waals surface area contributed by atoms with E-state index in [1.54, 1.807) is 45.6 Å². The van der Waals surface area contributed by atoms with E-state index in [0.717, 1.165) is 16.8 Å². The van der Waals surface area contributed by atoms with Crippen molar-refractivity contribution >= 4 is 17.4 Å². The number of nitrogens with two attached hydrogens (primary N) is 1. The van der Waals surface area contributed by atoms with Crippen LogP contribution in [0.4, 0.5) is 5.69 Å². The average molecular weight is 400 g/mol. The fraction of sp³-hybridized carbons (Fsp3) is 0.333. The van der Waals surface area contributed by atoms with Crippen LogP contribution in [0.25, 0.3) is 0 Å². The van der Waals surface area contributed by atoms with E-state index >= 15 is 0 Å². The molecule has 0 saturated carbocycles. The first-order chi connectivity index (χ1) is 13.9. The first kappa shape index (κ1) is 22.0. The number of amides is 1. The lowest BCUT2D eigenvalue weighted by Crippen LogP contribution is -2.24. The molecule has 0 saturated heterocycles. The quantitative estimate of drug-likeness (QED) is 0.276. The van der Waals surface area contributed by atoms with Crippen LogP contribution < -0.4 is 25.8 Å². The number of amidine groups is 1. The number of anilines is 1. The molecule has 0 spiro atoms. The van der Waals surface area contributed by atoms with Gasteiger partial charge in [0.05, 0.1) is 20.8 Å². The third kappa shape index (κ3) is 5.61. The van der Waals surface area contributed by atoms with Gasteiger partial charge in [0.25, 0.3) is 5.91 Å². The average Bonchev–Trinajstić information content (AvgIpc) is 2.72. The van der Waals surface area contributed by atoms with Gasteiger partial charge in [-0.1, -0.05) is 12.1 Å². The Morgan fingerprint density at radius 3 is 2.28 bits per heavy atom. The SMILES string of the molecule is COCCNc1cc(C(=N)N)ccc1CNC(=O)c1cc(OC)c(C)c(OC)c1. The summed E-state index contributed by atoms with van der Waals surface area (Å²) in [4.78, 5) is 12.7. The number of carbonyl (C=O) groups is 1. The topological polar surface area (TPSA) is 119 Å². The summed E-state index contributed by atoms with van der Waals surface area (Å²) in [5.74, 6) is 0.902. The summed E-state index contributed by atoms with van der Waals surface area (Å²) >= 11 is 0. The van der Waals surface area contributed by atoms with Crippen LogP contribution in [0.1, 0.15) is 27.0 Å². The van der Waals surface area contributed by atoms with Crippen LogP contribution in [0.3, 0.4) is 0 Å². The first-order valence-electron chi connectivity index (χ1n) is 9.12. The van der Waals surface area contributed by atoms with E-state index in [1.807, 2.05) is 13.0 Å². The Morgan fingerprint density at radius 2 is 1.72 bits per heavy atom. The van der Waals surface area contributed by atoms with Gasteiger partial charge in [-0.2, -0.15) is 0 Å². The highest BCUT2D eigenvalue weighted by Gasteiger charge is 2.14. The number of methoxy groups -OCH3 is 3. The highest BCUT2D eigenvalue weighted by atomic mass is 16.5. The third-order valence-electron chi connectivity index (χ3n) is 4.50. The largest absolute Gasteiger partial charge is 0.496 e. The summed E-state index contributed by atoms with van der Waals surface area (Å²) in [5, 5.41) is 13.8. The van der Waals surface area contributed by atoms with Crippen molar-refractivity contribution in [3.63, 3.8) is 0 Å². The molecule has 0 aliphatic carbocycles. The minimum atomic E-state index is -0.250.